The van der Waals surface area contributed by atoms with Crippen LogP contribution in [0, 0.1) is 0 Å². The molecule has 1 N–H and O–H groups in total. The van der Waals surface area contributed by atoms with Crippen LogP contribution < -0.4 is 14.8 Å². The van der Waals surface area contributed by atoms with Crippen molar-refractivity contribution in [1.29, 1.82) is 0 Å². The predicted molar refractivity (Wildman–Crippen MR) is 88.8 cm³/mol. The first-order valence-electron chi connectivity index (χ1n) is 8.40. The van der Waals surface area contributed by atoms with Gasteiger partial charge < -0.3 is 14.8 Å². The maximum atomic E-state index is 5.39. The van der Waals surface area contributed by atoms with Crippen molar-refractivity contribution in [2.75, 3.05) is 27.3 Å². The maximum Gasteiger partial charge on any atom is 0.160 e. The highest BCUT2D eigenvalue weighted by Crippen LogP contribution is 2.30. The molecule has 1 saturated heterocycles. The molecule has 0 bridgehead atoms. The zero-order valence-electron chi connectivity index (χ0n) is 14.0. The zero-order chi connectivity index (χ0) is 15.5. The number of nitrogens with zero attached hydrogens (tertiary/aromatic N) is 1. The molecule has 1 aliphatic carbocycles. The highest BCUT2D eigenvalue weighted by atomic mass is 16.5. The van der Waals surface area contributed by atoms with Crippen LogP contribution in [0.25, 0.3) is 0 Å². The Bertz CT molecular complexity index is 502. The quantitative estimate of drug-likeness (QED) is 0.839. The number of likely N-dealkylation sites (tertiary alicyclic amines) is 1. The number of nitrogens with one attached hydrogen (secondary N) is 1. The van der Waals surface area contributed by atoms with Crippen molar-refractivity contribution in [3.05, 3.63) is 23.8 Å². The Balaban J connectivity index is 1.52. The number of ether oxygens (including phenoxy) is 2. The molecule has 0 radical (unpaired) electrons. The molecule has 0 amide bonds. The van der Waals surface area contributed by atoms with E-state index in [4.69, 9.17) is 9.47 Å². The van der Waals surface area contributed by atoms with Crippen molar-refractivity contribution in [1.82, 2.24) is 10.2 Å². The van der Waals surface area contributed by atoms with Gasteiger partial charge in [0.05, 0.1) is 14.2 Å². The van der Waals surface area contributed by atoms with Crippen LogP contribution in [0.5, 0.6) is 11.5 Å². The van der Waals surface area contributed by atoms with E-state index in [0.29, 0.717) is 12.1 Å². The van der Waals surface area contributed by atoms with E-state index in [0.717, 1.165) is 24.0 Å². The maximum absolute atomic E-state index is 5.39. The molecule has 1 saturated carbocycles. The summed E-state index contributed by atoms with van der Waals surface area (Å²) < 4.78 is 10.7. The van der Waals surface area contributed by atoms with Crippen LogP contribution in [0.15, 0.2) is 18.2 Å². The van der Waals surface area contributed by atoms with Gasteiger partial charge in [0.15, 0.2) is 11.5 Å². The van der Waals surface area contributed by atoms with Crippen LogP contribution in [-0.4, -0.2) is 50.3 Å². The Morgan fingerprint density at radius 2 is 1.95 bits per heavy atom. The second-order valence-electron chi connectivity index (χ2n) is 6.67. The van der Waals surface area contributed by atoms with E-state index in [1.165, 1.54) is 37.9 Å². The predicted octanol–water partition coefficient (Wildman–Crippen LogP) is 2.46. The van der Waals surface area contributed by atoms with Gasteiger partial charge in [-0.1, -0.05) is 6.07 Å². The third-order valence-corrected chi connectivity index (χ3v) is 4.79. The fourth-order valence-electron chi connectivity index (χ4n) is 3.52. The molecule has 2 aliphatic rings. The summed E-state index contributed by atoms with van der Waals surface area (Å²) in [5, 5.41) is 3.79. The van der Waals surface area contributed by atoms with Crippen LogP contribution in [0.3, 0.4) is 0 Å². The lowest BCUT2D eigenvalue weighted by Gasteiger charge is -2.21. The fraction of sp³-hybridized carbons (Fsp3) is 0.667. The summed E-state index contributed by atoms with van der Waals surface area (Å²) in [7, 11) is 3.36. The minimum Gasteiger partial charge on any atom is -0.493 e. The molecular weight excluding hydrogens is 276 g/mol. The summed E-state index contributed by atoms with van der Waals surface area (Å²) in [6, 6.07) is 8.23. The normalized spacial score (nSPS) is 23.5. The lowest BCUT2D eigenvalue weighted by Crippen LogP contribution is -2.39. The van der Waals surface area contributed by atoms with Gasteiger partial charge in [0.2, 0.25) is 0 Å². The van der Waals surface area contributed by atoms with Gasteiger partial charge in [-0.05, 0) is 50.3 Å². The molecule has 4 heteroatoms. The van der Waals surface area contributed by atoms with Crippen molar-refractivity contribution in [3.8, 4) is 11.5 Å². The van der Waals surface area contributed by atoms with Crippen molar-refractivity contribution in [2.45, 2.75) is 50.7 Å². The van der Waals surface area contributed by atoms with E-state index in [-0.39, 0.29) is 0 Å². The number of benzene rings is 1. The van der Waals surface area contributed by atoms with Crippen LogP contribution >= 0.6 is 0 Å². The smallest absolute Gasteiger partial charge is 0.160 e. The van der Waals surface area contributed by atoms with Crippen LogP contribution in [0.1, 0.15) is 31.7 Å². The minimum absolute atomic E-state index is 0.474. The molecule has 0 aromatic heterocycles. The summed E-state index contributed by atoms with van der Waals surface area (Å²) in [5.41, 5.74) is 1.29. The van der Waals surface area contributed by atoms with E-state index in [9.17, 15) is 0 Å². The largest absolute Gasteiger partial charge is 0.493 e. The highest BCUT2D eigenvalue weighted by molar-refractivity contribution is 5.43. The van der Waals surface area contributed by atoms with E-state index in [1.807, 2.05) is 6.07 Å². The molecule has 2 fully saturated rings. The van der Waals surface area contributed by atoms with E-state index >= 15 is 0 Å². The van der Waals surface area contributed by atoms with Gasteiger partial charge in [-0.25, -0.2) is 0 Å². The lowest BCUT2D eigenvalue weighted by atomic mass is 10.1. The monoisotopic (exact) mass is 304 g/mol. The van der Waals surface area contributed by atoms with Crippen LogP contribution in [-0.2, 0) is 6.42 Å². The molecule has 22 heavy (non-hydrogen) atoms. The summed E-state index contributed by atoms with van der Waals surface area (Å²) in [6.07, 6.45) is 5.12. The molecule has 1 aromatic carbocycles. The average molecular weight is 304 g/mol. The average Bonchev–Trinajstić information content (AvgIpc) is 3.27. The second kappa shape index (κ2) is 6.88. The molecule has 0 spiro atoms. The van der Waals surface area contributed by atoms with Crippen molar-refractivity contribution >= 4 is 0 Å². The number of rotatable bonds is 7. The van der Waals surface area contributed by atoms with Gasteiger partial charge >= 0.3 is 0 Å². The van der Waals surface area contributed by atoms with E-state index < -0.39 is 0 Å². The summed E-state index contributed by atoms with van der Waals surface area (Å²) in [4.78, 5) is 2.65. The molecule has 2 atom stereocenters. The Morgan fingerprint density at radius 3 is 2.64 bits per heavy atom. The Kier molecular flexibility index (Phi) is 4.89. The highest BCUT2D eigenvalue weighted by Gasteiger charge is 2.34. The molecule has 1 aromatic rings. The van der Waals surface area contributed by atoms with Crippen molar-refractivity contribution < 1.29 is 9.47 Å². The third kappa shape index (κ3) is 3.73. The lowest BCUT2D eigenvalue weighted by molar-refractivity contribution is 0.313. The molecule has 4 nitrogen and oxygen atoms in total. The molecular formula is C18H28N2O2. The van der Waals surface area contributed by atoms with E-state index in [2.05, 4.69) is 29.3 Å². The Labute approximate surface area is 133 Å². The van der Waals surface area contributed by atoms with Gasteiger partial charge in [0, 0.05) is 31.2 Å². The first-order chi connectivity index (χ1) is 10.7. The molecule has 0 unspecified atom stereocenters. The first kappa shape index (κ1) is 15.6. The standard InChI is InChI=1S/C18H28N2O2/c1-13(19-15-8-9-20(12-15)16-5-6-16)10-14-4-7-17(21-2)18(11-14)22-3/h4,7,11,13,15-16,19H,5-6,8-10,12H2,1-3H3/t13-,15-/m1/s1. The van der Waals surface area contributed by atoms with Crippen LogP contribution in [0.4, 0.5) is 0 Å². The molecule has 1 heterocycles. The van der Waals surface area contributed by atoms with Gasteiger partial charge in [-0.3, -0.25) is 4.90 Å². The first-order valence-corrected chi connectivity index (χ1v) is 8.40. The van der Waals surface area contributed by atoms with Gasteiger partial charge in [-0.15, -0.1) is 0 Å². The fourth-order valence-corrected chi connectivity index (χ4v) is 3.52. The number of hydrogen-bond acceptors (Lipinski definition) is 4. The second-order valence-corrected chi connectivity index (χ2v) is 6.67. The van der Waals surface area contributed by atoms with Crippen molar-refractivity contribution in [3.63, 3.8) is 0 Å². The zero-order valence-corrected chi connectivity index (χ0v) is 14.0. The topological polar surface area (TPSA) is 33.7 Å². The summed E-state index contributed by atoms with van der Waals surface area (Å²) in [5.74, 6) is 1.61. The summed E-state index contributed by atoms with van der Waals surface area (Å²) >= 11 is 0. The van der Waals surface area contributed by atoms with E-state index in [1.54, 1.807) is 14.2 Å². The molecule has 1 aliphatic heterocycles. The number of hydrogen-bond donors (Lipinski definition) is 1. The van der Waals surface area contributed by atoms with Crippen LogP contribution in [0.2, 0.25) is 0 Å². The number of methoxy groups -OCH3 is 2. The Hall–Kier alpha value is -1.26. The molecule has 3 rings (SSSR count). The molecule has 122 valence electrons. The summed E-state index contributed by atoms with van der Waals surface area (Å²) in [6.45, 7) is 4.77. The minimum atomic E-state index is 0.474. The van der Waals surface area contributed by atoms with Gasteiger partial charge in [0.25, 0.3) is 0 Å². The third-order valence-electron chi connectivity index (χ3n) is 4.79. The van der Waals surface area contributed by atoms with Gasteiger partial charge in [-0.2, -0.15) is 0 Å². The SMILES string of the molecule is COc1ccc(C[C@@H](C)N[C@@H]2CCN(C3CC3)C2)cc1OC. The Morgan fingerprint density at radius 1 is 1.18 bits per heavy atom. The van der Waals surface area contributed by atoms with Gasteiger partial charge in [0.1, 0.15) is 0 Å². The van der Waals surface area contributed by atoms with Crippen molar-refractivity contribution in [2.24, 2.45) is 0 Å².